The van der Waals surface area contributed by atoms with E-state index in [-0.39, 0.29) is 7.33 Å². The molecule has 1 saturated heterocycles. The molecule has 0 unspecified atom stereocenters. The summed E-state index contributed by atoms with van der Waals surface area (Å²) in [5.41, 5.74) is 2.52. The summed E-state index contributed by atoms with van der Waals surface area (Å²) in [5, 5.41) is 12.3. The van der Waals surface area contributed by atoms with E-state index in [9.17, 15) is 4.79 Å². The number of nitriles is 1. The molecule has 2 aromatic rings. The van der Waals surface area contributed by atoms with Gasteiger partial charge in [0, 0.05) is 32.8 Å². The number of carbonyl (C=O) groups is 1. The molecule has 0 radical (unpaired) electrons. The summed E-state index contributed by atoms with van der Waals surface area (Å²) in [6, 6.07) is 9.30. The predicted molar refractivity (Wildman–Crippen MR) is 112 cm³/mol. The number of amides is 1. The lowest BCUT2D eigenvalue weighted by atomic mass is 9.98. The van der Waals surface area contributed by atoms with Gasteiger partial charge in [0.15, 0.2) is 0 Å². The Morgan fingerprint density at radius 1 is 1.32 bits per heavy atom. The van der Waals surface area contributed by atoms with Crippen molar-refractivity contribution >= 4 is 11.9 Å². The number of likely N-dealkylation sites (tertiary alicyclic amines) is 1. The molecule has 0 atom stereocenters. The Bertz CT molecular complexity index is 854. The second kappa shape index (κ2) is 9.32. The molecule has 0 saturated carbocycles. The average Bonchev–Trinajstić information content (AvgIpc) is 2.74. The monoisotopic (exact) mass is 379 g/mol. The minimum Gasteiger partial charge on any atom is -0.354 e. The summed E-state index contributed by atoms with van der Waals surface area (Å²) >= 11 is 0. The summed E-state index contributed by atoms with van der Waals surface area (Å²) in [7, 11) is 0. The van der Waals surface area contributed by atoms with Crippen LogP contribution in [0.25, 0.3) is 11.3 Å². The van der Waals surface area contributed by atoms with E-state index in [2.05, 4.69) is 35.2 Å². The zero-order valence-electron chi connectivity index (χ0n) is 16.6. The number of piperidine rings is 1. The molecule has 6 nitrogen and oxygen atoms in total. The van der Waals surface area contributed by atoms with Crippen molar-refractivity contribution in [3.63, 3.8) is 0 Å². The van der Waals surface area contributed by atoms with Gasteiger partial charge in [-0.15, -0.1) is 0 Å². The first-order chi connectivity index (χ1) is 13.6. The third-order valence-corrected chi connectivity index (χ3v) is 5.19. The van der Waals surface area contributed by atoms with Gasteiger partial charge in [0.1, 0.15) is 0 Å². The number of benzene rings is 1. The van der Waals surface area contributed by atoms with Crippen molar-refractivity contribution in [3.8, 4) is 17.3 Å². The minimum atomic E-state index is -0.0219. The number of rotatable bonds is 6. The number of hydrogen-bond donors (Lipinski definition) is 1. The zero-order chi connectivity index (χ0) is 19.9. The van der Waals surface area contributed by atoms with E-state index in [1.807, 2.05) is 17.0 Å². The molecule has 148 valence electrons. The van der Waals surface area contributed by atoms with E-state index in [0.29, 0.717) is 28.7 Å². The molecule has 0 spiro atoms. The van der Waals surface area contributed by atoms with Gasteiger partial charge in [0.05, 0.1) is 22.9 Å². The van der Waals surface area contributed by atoms with Crippen molar-refractivity contribution in [2.75, 3.05) is 25.0 Å². The van der Waals surface area contributed by atoms with Crippen molar-refractivity contribution in [2.45, 2.75) is 39.5 Å². The van der Waals surface area contributed by atoms with Crippen LogP contribution in [-0.2, 0) is 0 Å². The van der Waals surface area contributed by atoms with E-state index >= 15 is 0 Å². The molecule has 28 heavy (non-hydrogen) atoms. The Morgan fingerprint density at radius 2 is 2.04 bits per heavy atom. The minimum absolute atomic E-state index is 0. The van der Waals surface area contributed by atoms with Crippen molar-refractivity contribution in [3.05, 3.63) is 41.6 Å². The highest BCUT2D eigenvalue weighted by Crippen LogP contribution is 2.26. The Balaban J connectivity index is 0.00000300. The molecule has 1 fully saturated rings. The van der Waals surface area contributed by atoms with Gasteiger partial charge in [-0.25, -0.2) is 9.97 Å². The molecule has 1 amide bonds. The highest BCUT2D eigenvalue weighted by molar-refractivity contribution is 5.99. The van der Waals surface area contributed by atoms with Gasteiger partial charge < -0.3 is 10.2 Å². The Morgan fingerprint density at radius 3 is 2.68 bits per heavy atom. The van der Waals surface area contributed by atoms with Crippen LogP contribution >= 0.6 is 0 Å². The van der Waals surface area contributed by atoms with E-state index < -0.39 is 0 Å². The second-order valence-electron chi connectivity index (χ2n) is 7.40. The van der Waals surface area contributed by atoms with Crippen LogP contribution in [0.1, 0.15) is 56.9 Å². The summed E-state index contributed by atoms with van der Waals surface area (Å²) < 4.78 is 0. The largest absolute Gasteiger partial charge is 0.354 e. The van der Waals surface area contributed by atoms with E-state index in [0.717, 1.165) is 50.9 Å². The molecule has 1 aromatic carbocycles. The number of aromatic nitrogens is 2. The predicted octanol–water partition coefficient (Wildman–Crippen LogP) is 4.35. The Kier molecular flexibility index (Phi) is 6.59. The molecular weight excluding hydrogens is 350 g/mol. The first kappa shape index (κ1) is 19.8. The second-order valence-corrected chi connectivity index (χ2v) is 7.40. The van der Waals surface area contributed by atoms with E-state index in [1.165, 1.54) is 0 Å². The van der Waals surface area contributed by atoms with Crippen LogP contribution in [0.3, 0.4) is 0 Å². The third-order valence-electron chi connectivity index (χ3n) is 5.19. The number of nitrogens with zero attached hydrogens (tertiary/aromatic N) is 4. The fourth-order valence-electron chi connectivity index (χ4n) is 3.31. The van der Waals surface area contributed by atoms with Gasteiger partial charge in [-0.1, -0.05) is 32.4 Å². The van der Waals surface area contributed by atoms with Gasteiger partial charge in [-0.05, 0) is 37.3 Å². The molecule has 1 aliphatic rings. The summed E-state index contributed by atoms with van der Waals surface area (Å²) in [4.78, 5) is 24.1. The van der Waals surface area contributed by atoms with Gasteiger partial charge in [0.25, 0.3) is 5.91 Å². The Hall–Kier alpha value is -2.94. The van der Waals surface area contributed by atoms with Crippen LogP contribution < -0.4 is 5.32 Å². The highest BCUT2D eigenvalue weighted by atomic mass is 16.2. The van der Waals surface area contributed by atoms with Gasteiger partial charge in [-0.3, -0.25) is 4.79 Å². The van der Waals surface area contributed by atoms with Crippen molar-refractivity contribution < 1.29 is 6.22 Å². The maximum absolute atomic E-state index is 13.2. The maximum atomic E-state index is 13.2. The van der Waals surface area contributed by atoms with Gasteiger partial charge in [0.2, 0.25) is 5.95 Å². The zero-order valence-corrected chi connectivity index (χ0v) is 16.6. The lowest BCUT2D eigenvalue weighted by molar-refractivity contribution is 0.0697. The smallest absolute Gasteiger partial charge is 0.257 e. The quantitative estimate of drug-likeness (QED) is 0.755. The molecule has 1 aliphatic heterocycles. The molecular formula is C22H29N5O. The number of anilines is 1. The molecule has 1 N–H and O–H groups in total. The molecule has 0 bridgehead atoms. The van der Waals surface area contributed by atoms with Gasteiger partial charge >= 0.3 is 0 Å². The fourth-order valence-corrected chi connectivity index (χ4v) is 3.31. The van der Waals surface area contributed by atoms with Crippen LogP contribution in [-0.4, -0.2) is 40.4 Å². The van der Waals surface area contributed by atoms with E-state index in [1.54, 1.807) is 18.3 Å². The van der Waals surface area contributed by atoms with Crippen molar-refractivity contribution in [1.29, 1.82) is 5.26 Å². The van der Waals surface area contributed by atoms with Crippen LogP contribution in [0.15, 0.2) is 30.5 Å². The fraction of sp³-hybridized carbons (Fsp3) is 0.455. The molecule has 2 heterocycles. The lowest BCUT2D eigenvalue weighted by Gasteiger charge is -2.30. The highest BCUT2D eigenvalue weighted by Gasteiger charge is 2.25. The topological polar surface area (TPSA) is 81.9 Å². The molecule has 6 heteroatoms. The SMILES string of the molecule is CCCCNc1ncc(C(=O)N2CCC(C)CC2)c(-c2ccc(C#N)cc2)n1.[HH]. The maximum Gasteiger partial charge on any atom is 0.257 e. The van der Waals surface area contributed by atoms with Crippen molar-refractivity contribution in [1.82, 2.24) is 14.9 Å². The Labute approximate surface area is 168 Å². The number of nitrogens with one attached hydrogen (secondary N) is 1. The lowest BCUT2D eigenvalue weighted by Crippen LogP contribution is -2.38. The number of unbranched alkanes of at least 4 members (excludes halogenated alkanes) is 1. The molecule has 1 aromatic heterocycles. The van der Waals surface area contributed by atoms with Gasteiger partial charge in [-0.2, -0.15) is 5.26 Å². The summed E-state index contributed by atoms with van der Waals surface area (Å²) in [6.45, 7) is 6.68. The number of hydrogen-bond acceptors (Lipinski definition) is 5. The number of carbonyl (C=O) groups excluding carboxylic acids is 1. The van der Waals surface area contributed by atoms with Crippen LogP contribution in [0.4, 0.5) is 5.95 Å². The average molecular weight is 380 g/mol. The summed E-state index contributed by atoms with van der Waals surface area (Å²) in [6.07, 6.45) is 5.79. The third kappa shape index (κ3) is 4.66. The first-order valence-electron chi connectivity index (χ1n) is 10.0. The van der Waals surface area contributed by atoms with Crippen LogP contribution in [0.2, 0.25) is 0 Å². The first-order valence-corrected chi connectivity index (χ1v) is 10.0. The van der Waals surface area contributed by atoms with Crippen molar-refractivity contribution in [2.24, 2.45) is 5.92 Å². The van der Waals surface area contributed by atoms with E-state index in [4.69, 9.17) is 5.26 Å². The summed E-state index contributed by atoms with van der Waals surface area (Å²) in [5.74, 6) is 1.16. The standard InChI is InChI=1S/C22H27N5O.H2/c1-3-4-11-24-22-25-15-19(21(28)27-12-9-16(2)10-13-27)20(26-22)18-7-5-17(14-23)6-8-18;/h5-8,15-16H,3-4,9-13H2,1-2H3,(H,24,25,26);1H. The van der Waals surface area contributed by atoms with Crippen LogP contribution in [0.5, 0.6) is 0 Å². The normalized spacial score (nSPS) is 14.5. The molecule has 3 rings (SSSR count). The molecule has 0 aliphatic carbocycles. The van der Waals surface area contributed by atoms with Crippen LogP contribution in [0, 0.1) is 17.2 Å².